The third kappa shape index (κ3) is 1.26. The maximum Gasteiger partial charge on any atom is 0.278 e. The Morgan fingerprint density at radius 3 is 2.09 bits per heavy atom. The molecule has 0 aliphatic carbocycles. The van der Waals surface area contributed by atoms with Crippen molar-refractivity contribution in [2.75, 3.05) is 0 Å². The molecule has 3 heteroatoms. The van der Waals surface area contributed by atoms with Crippen molar-refractivity contribution in [3.8, 4) is 0 Å². The second kappa shape index (κ2) is 2.70. The fourth-order valence-electron chi connectivity index (χ4n) is 1.54. The maximum absolute atomic E-state index is 13.0. The van der Waals surface area contributed by atoms with Gasteiger partial charge in [0.1, 0.15) is 6.10 Å². The first-order chi connectivity index (χ1) is 5.00. The lowest BCUT2D eigenvalue weighted by atomic mass is 9.96. The zero-order valence-electron chi connectivity index (χ0n) is 7.10. The average Bonchev–Trinajstić information content (AvgIpc) is 2.14. The van der Waals surface area contributed by atoms with Crippen molar-refractivity contribution in [1.82, 2.24) is 0 Å². The molecule has 0 radical (unpaired) electrons. The molecular formula is C8H14F2O. The molecule has 0 aromatic heterocycles. The number of hydrogen-bond acceptors (Lipinski definition) is 1. The summed E-state index contributed by atoms with van der Waals surface area (Å²) in [5.41, 5.74) is 0. The molecule has 1 fully saturated rings. The first-order valence-electron chi connectivity index (χ1n) is 4.03. The van der Waals surface area contributed by atoms with E-state index in [1.807, 2.05) is 6.92 Å². The highest BCUT2D eigenvalue weighted by molar-refractivity contribution is 4.91. The number of ether oxygens (including phenoxy) is 1. The van der Waals surface area contributed by atoms with E-state index < -0.39 is 17.9 Å². The third-order valence-electron chi connectivity index (χ3n) is 2.49. The predicted octanol–water partition coefficient (Wildman–Crippen LogP) is 2.46. The normalized spacial score (nSPS) is 42.8. The smallest absolute Gasteiger partial charge is 0.278 e. The molecule has 0 spiro atoms. The average molecular weight is 164 g/mol. The number of hydrogen-bond donors (Lipinski definition) is 0. The van der Waals surface area contributed by atoms with E-state index in [0.29, 0.717) is 6.42 Å². The van der Waals surface area contributed by atoms with E-state index >= 15 is 0 Å². The van der Waals surface area contributed by atoms with Crippen molar-refractivity contribution < 1.29 is 13.5 Å². The summed E-state index contributed by atoms with van der Waals surface area (Å²) < 4.78 is 31.2. The Kier molecular flexibility index (Phi) is 2.19. The lowest BCUT2D eigenvalue weighted by Crippen LogP contribution is -2.31. The highest BCUT2D eigenvalue weighted by Crippen LogP contribution is 2.41. The fraction of sp³-hybridized carbons (Fsp3) is 1.00. The van der Waals surface area contributed by atoms with Crippen molar-refractivity contribution in [3.05, 3.63) is 0 Å². The van der Waals surface area contributed by atoms with Gasteiger partial charge in [-0.05, 0) is 13.3 Å². The molecular weight excluding hydrogens is 150 g/mol. The Hall–Kier alpha value is -0.180. The second-order valence-electron chi connectivity index (χ2n) is 3.19. The van der Waals surface area contributed by atoms with Crippen LogP contribution in [0.5, 0.6) is 0 Å². The Bertz CT molecular complexity index is 147. The molecule has 0 aromatic rings. The van der Waals surface area contributed by atoms with E-state index in [9.17, 15) is 8.78 Å². The quantitative estimate of drug-likeness (QED) is 0.578. The Labute approximate surface area is 65.7 Å². The van der Waals surface area contributed by atoms with E-state index in [0.717, 1.165) is 0 Å². The highest BCUT2D eigenvalue weighted by atomic mass is 19.3. The van der Waals surface area contributed by atoms with Crippen molar-refractivity contribution in [1.29, 1.82) is 0 Å². The first kappa shape index (κ1) is 8.91. The van der Waals surface area contributed by atoms with E-state index in [2.05, 4.69) is 0 Å². The molecule has 0 bridgehead atoms. The summed E-state index contributed by atoms with van der Waals surface area (Å²) in [6.07, 6.45) is -0.511. The minimum absolute atomic E-state index is 0.264. The van der Waals surface area contributed by atoms with Gasteiger partial charge in [-0.3, -0.25) is 0 Å². The lowest BCUT2D eigenvalue weighted by molar-refractivity contribution is -0.0770. The molecule has 1 aliphatic rings. The van der Waals surface area contributed by atoms with E-state index in [-0.39, 0.29) is 6.10 Å². The van der Waals surface area contributed by atoms with E-state index in [4.69, 9.17) is 4.74 Å². The Morgan fingerprint density at radius 1 is 1.36 bits per heavy atom. The molecule has 1 saturated heterocycles. The number of alkyl halides is 2. The third-order valence-corrected chi connectivity index (χ3v) is 2.49. The van der Waals surface area contributed by atoms with E-state index in [1.165, 1.54) is 6.92 Å². The van der Waals surface area contributed by atoms with Crippen LogP contribution < -0.4 is 0 Å². The summed E-state index contributed by atoms with van der Waals surface area (Å²) in [5.74, 6) is -3.27. The standard InChI is InChI=1S/C8H14F2O/c1-4-7-5(2)8(9,10)6(3)11-7/h5-7H,4H2,1-3H3/t5?,6?,7-/m1/s1. The predicted molar refractivity (Wildman–Crippen MR) is 38.7 cm³/mol. The van der Waals surface area contributed by atoms with Gasteiger partial charge in [-0.25, -0.2) is 8.78 Å². The summed E-state index contributed by atoms with van der Waals surface area (Å²) >= 11 is 0. The van der Waals surface area contributed by atoms with Crippen LogP contribution in [0, 0.1) is 5.92 Å². The minimum Gasteiger partial charge on any atom is -0.369 e. The fourth-order valence-corrected chi connectivity index (χ4v) is 1.54. The van der Waals surface area contributed by atoms with Gasteiger partial charge in [-0.2, -0.15) is 0 Å². The van der Waals surface area contributed by atoms with Crippen molar-refractivity contribution >= 4 is 0 Å². The van der Waals surface area contributed by atoms with Gasteiger partial charge in [-0.1, -0.05) is 13.8 Å². The van der Waals surface area contributed by atoms with Crippen LogP contribution in [0.2, 0.25) is 0 Å². The van der Waals surface area contributed by atoms with Gasteiger partial charge in [0.2, 0.25) is 0 Å². The zero-order chi connectivity index (χ0) is 8.65. The highest BCUT2D eigenvalue weighted by Gasteiger charge is 2.53. The van der Waals surface area contributed by atoms with Crippen molar-refractivity contribution in [3.63, 3.8) is 0 Å². The summed E-state index contributed by atoms with van der Waals surface area (Å²) in [6.45, 7) is 4.86. The van der Waals surface area contributed by atoms with Gasteiger partial charge in [0.25, 0.3) is 5.92 Å². The van der Waals surface area contributed by atoms with Crippen molar-refractivity contribution in [2.45, 2.75) is 45.3 Å². The molecule has 3 atom stereocenters. The molecule has 11 heavy (non-hydrogen) atoms. The van der Waals surface area contributed by atoms with Gasteiger partial charge in [0.15, 0.2) is 0 Å². The molecule has 0 aromatic carbocycles. The van der Waals surface area contributed by atoms with Gasteiger partial charge < -0.3 is 4.74 Å². The molecule has 66 valence electrons. The van der Waals surface area contributed by atoms with Gasteiger partial charge in [0.05, 0.1) is 6.10 Å². The SMILES string of the molecule is CC[C@H]1OC(C)C(F)(F)C1C. The number of rotatable bonds is 1. The molecule has 1 rings (SSSR count). The molecule has 1 aliphatic heterocycles. The summed E-state index contributed by atoms with van der Waals surface area (Å²) in [6, 6.07) is 0. The Balaban J connectivity index is 2.71. The summed E-state index contributed by atoms with van der Waals surface area (Å²) in [4.78, 5) is 0. The minimum atomic E-state index is -2.64. The van der Waals surface area contributed by atoms with Crippen LogP contribution in [0.25, 0.3) is 0 Å². The van der Waals surface area contributed by atoms with Gasteiger partial charge >= 0.3 is 0 Å². The van der Waals surface area contributed by atoms with Crippen molar-refractivity contribution in [2.24, 2.45) is 5.92 Å². The lowest BCUT2D eigenvalue weighted by Gasteiger charge is -2.17. The van der Waals surface area contributed by atoms with Crippen LogP contribution in [0.15, 0.2) is 0 Å². The molecule has 2 unspecified atom stereocenters. The maximum atomic E-state index is 13.0. The van der Waals surface area contributed by atoms with E-state index in [1.54, 1.807) is 6.92 Å². The van der Waals surface area contributed by atoms with Crippen LogP contribution in [0.1, 0.15) is 27.2 Å². The molecule has 1 heterocycles. The summed E-state index contributed by atoms with van der Waals surface area (Å²) in [7, 11) is 0. The molecule has 0 amide bonds. The van der Waals surface area contributed by atoms with Crippen LogP contribution in [0.3, 0.4) is 0 Å². The molecule has 0 saturated carbocycles. The second-order valence-corrected chi connectivity index (χ2v) is 3.19. The zero-order valence-corrected chi connectivity index (χ0v) is 7.10. The largest absolute Gasteiger partial charge is 0.369 e. The topological polar surface area (TPSA) is 9.23 Å². The van der Waals surface area contributed by atoms with Gasteiger partial charge in [0, 0.05) is 5.92 Å². The number of halogens is 2. The first-order valence-corrected chi connectivity index (χ1v) is 4.03. The molecule has 1 nitrogen and oxygen atoms in total. The van der Waals surface area contributed by atoms with Crippen LogP contribution in [0.4, 0.5) is 8.78 Å². The Morgan fingerprint density at radius 2 is 1.91 bits per heavy atom. The summed E-state index contributed by atoms with van der Waals surface area (Å²) in [5, 5.41) is 0. The van der Waals surface area contributed by atoms with Gasteiger partial charge in [-0.15, -0.1) is 0 Å². The van der Waals surface area contributed by atoms with Crippen LogP contribution in [-0.2, 0) is 4.74 Å². The van der Waals surface area contributed by atoms with Crippen LogP contribution in [-0.4, -0.2) is 18.1 Å². The monoisotopic (exact) mass is 164 g/mol. The van der Waals surface area contributed by atoms with Crippen LogP contribution >= 0.6 is 0 Å². The molecule has 0 N–H and O–H groups in total.